The maximum absolute atomic E-state index is 11.6. The summed E-state index contributed by atoms with van der Waals surface area (Å²) in [5.74, 6) is 0.193. The van der Waals surface area contributed by atoms with Crippen LogP contribution in [0, 0.1) is 0 Å². The Morgan fingerprint density at radius 1 is 1.26 bits per heavy atom. The van der Waals surface area contributed by atoms with E-state index in [4.69, 9.17) is 11.6 Å². The van der Waals surface area contributed by atoms with Gasteiger partial charge in [0.05, 0.1) is 17.1 Å². The normalized spacial score (nSPS) is 27.7. The number of halogens is 1. The number of rotatable bonds is 3. The first-order valence-electron chi connectivity index (χ1n) is 8.29. The van der Waals surface area contributed by atoms with Crippen molar-refractivity contribution in [2.24, 2.45) is 0 Å². The Hall–Kier alpha value is -0.620. The minimum Gasteiger partial charge on any atom is -0.388 e. The predicted octanol–water partition coefficient (Wildman–Crippen LogP) is 2.81. The number of β-amino-alcohol motifs (C(OH)–C–C–N with tert-alkyl or cyclic N) is 1. The van der Waals surface area contributed by atoms with Crippen molar-refractivity contribution in [2.45, 2.75) is 43.7 Å². The van der Waals surface area contributed by atoms with Crippen LogP contribution in [0.5, 0.6) is 0 Å². The van der Waals surface area contributed by atoms with Crippen LogP contribution in [-0.4, -0.2) is 48.6 Å². The topological polar surface area (TPSA) is 57.6 Å². The van der Waals surface area contributed by atoms with Crippen LogP contribution in [0.3, 0.4) is 0 Å². The lowest BCUT2D eigenvalue weighted by Crippen LogP contribution is -2.50. The Balaban J connectivity index is 1.74. The molecule has 128 valence electrons. The Kier molecular flexibility index (Phi) is 5.02. The third-order valence-corrected chi connectivity index (χ3v) is 6.99. The smallest absolute Gasteiger partial charge is 0.150 e. The van der Waals surface area contributed by atoms with Crippen molar-refractivity contribution in [1.82, 2.24) is 4.90 Å². The SMILES string of the molecule is O=S1(=O)CCC(O)(CN2CCCCC2c2cccc(Cl)c2)CC1. The largest absolute Gasteiger partial charge is 0.388 e. The first kappa shape index (κ1) is 17.2. The van der Waals surface area contributed by atoms with E-state index in [1.807, 2.05) is 18.2 Å². The van der Waals surface area contributed by atoms with Crippen molar-refractivity contribution in [2.75, 3.05) is 24.6 Å². The molecule has 0 aromatic heterocycles. The average Bonchev–Trinajstić information content (AvgIpc) is 2.51. The van der Waals surface area contributed by atoms with Gasteiger partial charge in [0.25, 0.3) is 0 Å². The van der Waals surface area contributed by atoms with E-state index in [-0.39, 0.29) is 17.5 Å². The van der Waals surface area contributed by atoms with Gasteiger partial charge in [-0.1, -0.05) is 30.2 Å². The molecule has 2 fully saturated rings. The summed E-state index contributed by atoms with van der Waals surface area (Å²) in [5.41, 5.74) is 0.295. The average molecular weight is 358 g/mol. The molecule has 4 nitrogen and oxygen atoms in total. The van der Waals surface area contributed by atoms with Crippen LogP contribution in [-0.2, 0) is 9.84 Å². The third-order valence-electron chi connectivity index (χ3n) is 5.10. The van der Waals surface area contributed by atoms with Crippen LogP contribution in [0.1, 0.15) is 43.7 Å². The van der Waals surface area contributed by atoms with Crippen molar-refractivity contribution in [3.63, 3.8) is 0 Å². The van der Waals surface area contributed by atoms with E-state index in [1.165, 1.54) is 12.0 Å². The zero-order valence-corrected chi connectivity index (χ0v) is 14.8. The first-order chi connectivity index (χ1) is 10.9. The molecule has 0 amide bonds. The number of likely N-dealkylation sites (tertiary alicyclic amines) is 1. The van der Waals surface area contributed by atoms with Gasteiger partial charge in [0.15, 0.2) is 9.84 Å². The molecule has 2 saturated heterocycles. The van der Waals surface area contributed by atoms with E-state index in [9.17, 15) is 13.5 Å². The molecule has 1 aromatic carbocycles. The second-order valence-corrected chi connectivity index (χ2v) is 9.65. The second kappa shape index (κ2) is 6.71. The monoisotopic (exact) mass is 357 g/mol. The molecule has 1 unspecified atom stereocenters. The Morgan fingerprint density at radius 3 is 2.70 bits per heavy atom. The molecule has 0 aliphatic carbocycles. The van der Waals surface area contributed by atoms with Crippen LogP contribution in [0.2, 0.25) is 5.02 Å². The fourth-order valence-electron chi connectivity index (χ4n) is 3.73. The zero-order valence-electron chi connectivity index (χ0n) is 13.2. The van der Waals surface area contributed by atoms with Crippen molar-refractivity contribution in [3.05, 3.63) is 34.9 Å². The molecule has 1 aromatic rings. The standard InChI is InChI=1S/C17H24ClNO3S/c18-15-5-3-4-14(12-15)16-6-1-2-9-19(16)13-17(20)7-10-23(21,22)11-8-17/h3-5,12,16,20H,1-2,6-11,13H2. The van der Waals surface area contributed by atoms with E-state index in [0.717, 1.165) is 24.4 Å². The molecule has 6 heteroatoms. The van der Waals surface area contributed by atoms with Gasteiger partial charge < -0.3 is 5.11 Å². The summed E-state index contributed by atoms with van der Waals surface area (Å²) in [6, 6.07) is 8.18. The van der Waals surface area contributed by atoms with Gasteiger partial charge in [-0.2, -0.15) is 0 Å². The van der Waals surface area contributed by atoms with Gasteiger partial charge in [0, 0.05) is 17.6 Å². The maximum Gasteiger partial charge on any atom is 0.150 e. The highest BCUT2D eigenvalue weighted by atomic mass is 35.5. The minimum absolute atomic E-state index is 0.0964. The van der Waals surface area contributed by atoms with Crippen LogP contribution >= 0.6 is 11.6 Å². The third kappa shape index (κ3) is 4.27. The van der Waals surface area contributed by atoms with Gasteiger partial charge in [-0.15, -0.1) is 0 Å². The molecule has 2 heterocycles. The van der Waals surface area contributed by atoms with E-state index >= 15 is 0 Å². The van der Waals surface area contributed by atoms with Gasteiger partial charge >= 0.3 is 0 Å². The minimum atomic E-state index is -2.96. The fourth-order valence-corrected chi connectivity index (χ4v) is 5.51. The lowest BCUT2D eigenvalue weighted by Gasteiger charge is -2.42. The van der Waals surface area contributed by atoms with E-state index in [2.05, 4.69) is 11.0 Å². The lowest BCUT2D eigenvalue weighted by molar-refractivity contribution is -0.0245. The highest BCUT2D eigenvalue weighted by Crippen LogP contribution is 2.35. The Bertz CT molecular complexity index is 648. The van der Waals surface area contributed by atoms with Crippen molar-refractivity contribution >= 4 is 21.4 Å². The Labute approximate surface area is 143 Å². The van der Waals surface area contributed by atoms with Gasteiger partial charge in [-0.05, 0) is 49.9 Å². The van der Waals surface area contributed by atoms with Crippen molar-refractivity contribution in [1.29, 1.82) is 0 Å². The molecule has 23 heavy (non-hydrogen) atoms. The van der Waals surface area contributed by atoms with E-state index in [0.29, 0.717) is 19.4 Å². The molecule has 1 N–H and O–H groups in total. The van der Waals surface area contributed by atoms with Crippen molar-refractivity contribution in [3.8, 4) is 0 Å². The second-order valence-electron chi connectivity index (χ2n) is 6.91. The summed E-state index contributed by atoms with van der Waals surface area (Å²) in [6.45, 7) is 1.48. The van der Waals surface area contributed by atoms with Gasteiger partial charge in [-0.3, -0.25) is 4.90 Å². The summed E-state index contributed by atoms with van der Waals surface area (Å²) in [7, 11) is -2.96. The van der Waals surface area contributed by atoms with Crippen LogP contribution in [0.15, 0.2) is 24.3 Å². The van der Waals surface area contributed by atoms with Crippen LogP contribution in [0.25, 0.3) is 0 Å². The number of sulfone groups is 1. The van der Waals surface area contributed by atoms with Gasteiger partial charge in [-0.25, -0.2) is 8.42 Å². The maximum atomic E-state index is 11.6. The molecule has 2 aliphatic heterocycles. The quantitative estimate of drug-likeness (QED) is 0.903. The first-order valence-corrected chi connectivity index (χ1v) is 10.5. The predicted molar refractivity (Wildman–Crippen MR) is 92.5 cm³/mol. The Morgan fingerprint density at radius 2 is 2.00 bits per heavy atom. The van der Waals surface area contributed by atoms with E-state index < -0.39 is 15.4 Å². The molecule has 2 aliphatic rings. The summed E-state index contributed by atoms with van der Waals surface area (Å²) < 4.78 is 23.2. The summed E-state index contributed by atoms with van der Waals surface area (Å²) in [5, 5.41) is 11.6. The van der Waals surface area contributed by atoms with Gasteiger partial charge in [0.1, 0.15) is 0 Å². The molecular weight excluding hydrogens is 334 g/mol. The van der Waals surface area contributed by atoms with Crippen LogP contribution in [0.4, 0.5) is 0 Å². The number of piperidine rings is 1. The molecule has 0 bridgehead atoms. The number of nitrogens with zero attached hydrogens (tertiary/aromatic N) is 1. The molecule has 3 rings (SSSR count). The zero-order chi connectivity index (χ0) is 16.5. The molecule has 1 atom stereocenters. The highest BCUT2D eigenvalue weighted by Gasteiger charge is 2.38. The van der Waals surface area contributed by atoms with E-state index in [1.54, 1.807) is 0 Å². The van der Waals surface area contributed by atoms with Crippen LogP contribution < -0.4 is 0 Å². The fraction of sp³-hybridized carbons (Fsp3) is 0.647. The number of hydrogen-bond acceptors (Lipinski definition) is 4. The molecular formula is C17H24ClNO3S. The number of hydrogen-bond donors (Lipinski definition) is 1. The summed E-state index contributed by atoms with van der Waals surface area (Å²) in [4.78, 5) is 2.31. The van der Waals surface area contributed by atoms with Gasteiger partial charge in [0.2, 0.25) is 0 Å². The molecule has 0 spiro atoms. The summed E-state index contributed by atoms with van der Waals surface area (Å²) in [6.07, 6.45) is 4.02. The summed E-state index contributed by atoms with van der Waals surface area (Å²) >= 11 is 6.13. The number of benzene rings is 1. The molecule has 0 saturated carbocycles. The lowest BCUT2D eigenvalue weighted by atomic mass is 9.90. The highest BCUT2D eigenvalue weighted by molar-refractivity contribution is 7.91. The number of aliphatic hydroxyl groups is 1. The molecule has 0 radical (unpaired) electrons. The van der Waals surface area contributed by atoms with Crippen molar-refractivity contribution < 1.29 is 13.5 Å².